The number of hydrogen-bond acceptors (Lipinski definition) is 7. The smallest absolute Gasteiger partial charge is 0.485 e. The molecule has 1 fully saturated rings. The quantitative estimate of drug-likeness (QED) is 0.608. The van der Waals surface area contributed by atoms with Crippen molar-refractivity contribution in [2.24, 2.45) is 5.10 Å². The molecule has 0 spiro atoms. The van der Waals surface area contributed by atoms with Crippen molar-refractivity contribution in [1.29, 1.82) is 0 Å². The van der Waals surface area contributed by atoms with Crippen LogP contribution in [0.3, 0.4) is 0 Å². The zero-order chi connectivity index (χ0) is 21.3. The summed E-state index contributed by atoms with van der Waals surface area (Å²) in [5.74, 6) is -2.31. The lowest BCUT2D eigenvalue weighted by molar-refractivity contribution is -0.192. The number of fused-ring (bicyclic) bond motifs is 3. The second-order valence-electron chi connectivity index (χ2n) is 6.29. The van der Waals surface area contributed by atoms with E-state index in [4.69, 9.17) is 19.4 Å². The Bertz CT molecular complexity index is 856. The SMILES string of the molecule is CC1C(=O)NN=C2COc3cc(F)c(OC4CNC4)cc3N21.O=C(O)C(F)(F)F. The first-order chi connectivity index (χ1) is 13.6. The molecule has 0 saturated carbocycles. The summed E-state index contributed by atoms with van der Waals surface area (Å²) in [6, 6.07) is 2.43. The van der Waals surface area contributed by atoms with Gasteiger partial charge in [-0.25, -0.2) is 14.6 Å². The van der Waals surface area contributed by atoms with E-state index in [-0.39, 0.29) is 24.4 Å². The first kappa shape index (κ1) is 20.6. The number of ether oxygens (including phenoxy) is 2. The Kier molecular flexibility index (Phi) is 5.50. The number of hydrogen-bond donors (Lipinski definition) is 3. The van der Waals surface area contributed by atoms with Crippen LogP contribution in [0.2, 0.25) is 0 Å². The van der Waals surface area contributed by atoms with Gasteiger partial charge in [0.1, 0.15) is 24.5 Å². The van der Waals surface area contributed by atoms with E-state index in [0.29, 0.717) is 30.4 Å². The number of aliphatic carboxylic acids is 1. The number of carboxylic acid groups (broad SMARTS) is 1. The van der Waals surface area contributed by atoms with Crippen LogP contribution in [0.4, 0.5) is 23.2 Å². The summed E-state index contributed by atoms with van der Waals surface area (Å²) >= 11 is 0. The van der Waals surface area contributed by atoms with Gasteiger partial charge in [0, 0.05) is 25.2 Å². The molecule has 1 atom stereocenters. The van der Waals surface area contributed by atoms with Crippen LogP contribution in [0.25, 0.3) is 0 Å². The largest absolute Gasteiger partial charge is 0.490 e. The van der Waals surface area contributed by atoms with Crippen LogP contribution in [-0.2, 0) is 9.59 Å². The van der Waals surface area contributed by atoms with Gasteiger partial charge in [0.25, 0.3) is 5.91 Å². The van der Waals surface area contributed by atoms with Gasteiger partial charge in [-0.3, -0.25) is 4.79 Å². The summed E-state index contributed by atoms with van der Waals surface area (Å²) in [5, 5.41) is 14.2. The number of carbonyl (C=O) groups excluding carboxylic acids is 1. The molecule has 4 rings (SSSR count). The van der Waals surface area contributed by atoms with Crippen molar-refractivity contribution in [1.82, 2.24) is 10.7 Å². The molecule has 0 radical (unpaired) electrons. The van der Waals surface area contributed by atoms with Crippen molar-refractivity contribution in [3.63, 3.8) is 0 Å². The molecule has 0 aromatic heterocycles. The Morgan fingerprint density at radius 2 is 2.03 bits per heavy atom. The van der Waals surface area contributed by atoms with Crippen LogP contribution in [0.1, 0.15) is 6.92 Å². The normalized spacial score (nSPS) is 20.6. The molecule has 3 heterocycles. The van der Waals surface area contributed by atoms with E-state index in [0.717, 1.165) is 0 Å². The van der Waals surface area contributed by atoms with Crippen LogP contribution in [-0.4, -0.2) is 60.8 Å². The average Bonchev–Trinajstić information content (AvgIpc) is 2.61. The first-order valence-corrected chi connectivity index (χ1v) is 8.37. The van der Waals surface area contributed by atoms with E-state index in [1.165, 1.54) is 6.07 Å². The zero-order valence-corrected chi connectivity index (χ0v) is 14.9. The Labute approximate surface area is 161 Å². The number of rotatable bonds is 2. The Balaban J connectivity index is 0.000000298. The number of amides is 1. The molecule has 13 heteroatoms. The van der Waals surface area contributed by atoms with Crippen LogP contribution in [0.5, 0.6) is 11.5 Å². The highest BCUT2D eigenvalue weighted by Gasteiger charge is 2.38. The molecule has 3 N–H and O–H groups in total. The summed E-state index contributed by atoms with van der Waals surface area (Å²) in [6.45, 7) is 3.34. The van der Waals surface area contributed by atoms with Crippen LogP contribution in [0, 0.1) is 5.82 Å². The monoisotopic (exact) mass is 420 g/mol. The Morgan fingerprint density at radius 3 is 2.59 bits per heavy atom. The van der Waals surface area contributed by atoms with Gasteiger partial charge < -0.3 is 24.8 Å². The molecule has 3 aliphatic heterocycles. The number of amidine groups is 1. The number of halogens is 4. The Hall–Kier alpha value is -3.09. The van der Waals surface area contributed by atoms with Gasteiger partial charge in [0.05, 0.1) is 5.69 Å². The van der Waals surface area contributed by atoms with Crippen LogP contribution >= 0.6 is 0 Å². The zero-order valence-electron chi connectivity index (χ0n) is 14.9. The third-order valence-corrected chi connectivity index (χ3v) is 4.25. The van der Waals surface area contributed by atoms with Gasteiger partial charge in [-0.15, -0.1) is 0 Å². The second kappa shape index (κ2) is 7.73. The molecule has 1 aromatic rings. The van der Waals surface area contributed by atoms with Gasteiger partial charge >= 0.3 is 12.1 Å². The van der Waals surface area contributed by atoms with Crippen molar-refractivity contribution < 1.29 is 41.7 Å². The lowest BCUT2D eigenvalue weighted by Crippen LogP contribution is -2.55. The van der Waals surface area contributed by atoms with Crippen molar-refractivity contribution in [3.05, 3.63) is 17.9 Å². The highest BCUT2D eigenvalue weighted by atomic mass is 19.4. The van der Waals surface area contributed by atoms with Crippen molar-refractivity contribution in [2.45, 2.75) is 25.2 Å². The maximum Gasteiger partial charge on any atom is 0.490 e. The number of anilines is 1. The molecule has 1 aromatic carbocycles. The summed E-state index contributed by atoms with van der Waals surface area (Å²) in [4.78, 5) is 22.5. The van der Waals surface area contributed by atoms with Gasteiger partial charge in [-0.1, -0.05) is 0 Å². The lowest BCUT2D eigenvalue weighted by atomic mass is 10.1. The third kappa shape index (κ3) is 4.34. The van der Waals surface area contributed by atoms with Gasteiger partial charge in [0.15, 0.2) is 17.4 Å². The third-order valence-electron chi connectivity index (χ3n) is 4.25. The minimum Gasteiger partial charge on any atom is -0.485 e. The summed E-state index contributed by atoms with van der Waals surface area (Å²) in [7, 11) is 0. The number of carboxylic acids is 1. The molecule has 158 valence electrons. The summed E-state index contributed by atoms with van der Waals surface area (Å²) < 4.78 is 57.0. The van der Waals surface area contributed by atoms with E-state index in [1.807, 2.05) is 0 Å². The van der Waals surface area contributed by atoms with Gasteiger partial charge in [-0.2, -0.15) is 18.3 Å². The van der Waals surface area contributed by atoms with E-state index < -0.39 is 24.0 Å². The minimum absolute atomic E-state index is 0.0349. The topological polar surface area (TPSA) is 112 Å². The van der Waals surface area contributed by atoms with E-state index in [1.54, 1.807) is 17.9 Å². The van der Waals surface area contributed by atoms with Crippen molar-refractivity contribution >= 4 is 23.4 Å². The fourth-order valence-corrected chi connectivity index (χ4v) is 2.64. The van der Waals surface area contributed by atoms with Crippen LogP contribution in [0.15, 0.2) is 17.2 Å². The van der Waals surface area contributed by atoms with Crippen molar-refractivity contribution in [2.75, 3.05) is 24.6 Å². The van der Waals surface area contributed by atoms with Crippen molar-refractivity contribution in [3.8, 4) is 11.5 Å². The van der Waals surface area contributed by atoms with Crippen LogP contribution < -0.4 is 25.1 Å². The van der Waals surface area contributed by atoms with E-state index in [9.17, 15) is 22.4 Å². The molecule has 9 nitrogen and oxygen atoms in total. The predicted molar refractivity (Wildman–Crippen MR) is 90.4 cm³/mol. The molecule has 1 amide bonds. The second-order valence-corrected chi connectivity index (χ2v) is 6.29. The number of nitrogens with zero attached hydrogens (tertiary/aromatic N) is 2. The molecular formula is C16H16F4N4O5. The number of nitrogens with one attached hydrogen (secondary N) is 2. The predicted octanol–water partition coefficient (Wildman–Crippen LogP) is 0.840. The first-order valence-electron chi connectivity index (χ1n) is 8.37. The molecule has 3 aliphatic rings. The number of benzene rings is 1. The fourth-order valence-electron chi connectivity index (χ4n) is 2.64. The molecule has 1 saturated heterocycles. The highest BCUT2D eigenvalue weighted by molar-refractivity contribution is 6.09. The maximum absolute atomic E-state index is 14.1. The molecule has 29 heavy (non-hydrogen) atoms. The number of hydrazone groups is 1. The van der Waals surface area contributed by atoms with Gasteiger partial charge in [0.2, 0.25) is 0 Å². The summed E-state index contributed by atoms with van der Waals surface area (Å²) in [6.07, 6.45) is -5.12. The summed E-state index contributed by atoms with van der Waals surface area (Å²) in [5.41, 5.74) is 3.05. The molecule has 1 unspecified atom stereocenters. The highest BCUT2D eigenvalue weighted by Crippen LogP contribution is 2.39. The standard InChI is InChI=1S/C14H15FN4O3.C2HF3O2/c1-7-14(20)18-17-13-6-21-12-2-9(15)11(3-10(12)19(7)13)22-8-4-16-5-8;3-2(4,5)1(6)7/h2-3,7-8,16H,4-6H2,1H3,(H,18,20);(H,6,7). The average molecular weight is 420 g/mol. The minimum atomic E-state index is -5.08. The molecule has 0 bridgehead atoms. The van der Waals surface area contributed by atoms with E-state index >= 15 is 0 Å². The van der Waals surface area contributed by atoms with Gasteiger partial charge in [-0.05, 0) is 6.92 Å². The molecular weight excluding hydrogens is 404 g/mol. The number of alkyl halides is 3. The Morgan fingerprint density at radius 1 is 1.38 bits per heavy atom. The lowest BCUT2D eigenvalue weighted by Gasteiger charge is -2.38. The number of carbonyl (C=O) groups is 2. The van der Waals surface area contributed by atoms with E-state index in [2.05, 4.69) is 15.8 Å². The molecule has 0 aliphatic carbocycles. The fraction of sp³-hybridized carbons (Fsp3) is 0.438. The maximum atomic E-state index is 14.1.